The largest absolute Gasteiger partial charge is 0.478 e. The summed E-state index contributed by atoms with van der Waals surface area (Å²) in [4.78, 5) is 25.1. The number of halogens is 1. The van der Waals surface area contributed by atoms with E-state index in [2.05, 4.69) is 0 Å². The van der Waals surface area contributed by atoms with Crippen molar-refractivity contribution in [1.29, 1.82) is 0 Å². The molecule has 2 rings (SSSR count). The highest BCUT2D eigenvalue weighted by Gasteiger charge is 2.36. The maximum atomic E-state index is 14.0. The lowest BCUT2D eigenvalue weighted by Gasteiger charge is -2.24. The third kappa shape index (κ3) is 4.54. The van der Waals surface area contributed by atoms with Gasteiger partial charge in [0.15, 0.2) is 0 Å². The molecule has 9 nitrogen and oxygen atoms in total. The Kier molecular flexibility index (Phi) is 6.39. The lowest BCUT2D eigenvalue weighted by Crippen LogP contribution is -2.47. The Hall–Kier alpha value is -2.24. The topological polar surface area (TPSA) is 116 Å². The number of methoxy groups -OCH3 is 1. The first-order valence-electron chi connectivity index (χ1n) is 8.15. The van der Waals surface area contributed by atoms with Gasteiger partial charge in [0.25, 0.3) is 5.91 Å². The number of hydrogen-bond acceptors (Lipinski definition) is 6. The van der Waals surface area contributed by atoms with Gasteiger partial charge in [0.1, 0.15) is 5.82 Å². The minimum Gasteiger partial charge on any atom is -0.478 e. The molecule has 0 spiro atoms. The number of aromatic carboxylic acids is 1. The second kappa shape index (κ2) is 8.19. The highest BCUT2D eigenvalue weighted by Crippen LogP contribution is 2.25. The standard InChI is InChI=1S/C16H22FN3O6S/c1-19(2)14-8-11(16(22)23)13(17)7-12(14)15(21)18-27(24,25)20-6-4-5-10(20)9-26-3/h7-8,10H,4-6,9H2,1-3H3,(H,18,21)(H,22,23)/t10-/m0/s1. The number of carboxylic acid groups (broad SMARTS) is 1. The predicted octanol–water partition coefficient (Wildman–Crippen LogP) is 0.675. The average Bonchev–Trinajstić information content (AvgIpc) is 3.03. The van der Waals surface area contributed by atoms with E-state index in [-0.39, 0.29) is 30.4 Å². The number of ether oxygens (including phenoxy) is 1. The van der Waals surface area contributed by atoms with Crippen LogP contribution in [0.1, 0.15) is 33.6 Å². The van der Waals surface area contributed by atoms with Crippen LogP contribution in [0.4, 0.5) is 10.1 Å². The van der Waals surface area contributed by atoms with Crippen LogP contribution in [-0.2, 0) is 14.9 Å². The molecule has 0 saturated carbocycles. The number of anilines is 1. The van der Waals surface area contributed by atoms with Gasteiger partial charge in [0.05, 0.1) is 23.4 Å². The Bertz CT molecular complexity index is 843. The van der Waals surface area contributed by atoms with Crippen LogP contribution in [0.2, 0.25) is 0 Å². The van der Waals surface area contributed by atoms with Crippen LogP contribution in [0, 0.1) is 5.82 Å². The molecule has 1 aliphatic rings. The van der Waals surface area contributed by atoms with Gasteiger partial charge in [0.2, 0.25) is 0 Å². The summed E-state index contributed by atoms with van der Waals surface area (Å²) >= 11 is 0. The van der Waals surface area contributed by atoms with Crippen molar-refractivity contribution in [2.45, 2.75) is 18.9 Å². The fraction of sp³-hybridized carbons (Fsp3) is 0.500. The van der Waals surface area contributed by atoms with Crippen molar-refractivity contribution in [3.05, 3.63) is 29.1 Å². The minimum atomic E-state index is -4.16. The number of nitrogens with zero attached hydrogens (tertiary/aromatic N) is 2. The minimum absolute atomic E-state index is 0.0800. The number of benzene rings is 1. The van der Waals surface area contributed by atoms with E-state index < -0.39 is 33.5 Å². The van der Waals surface area contributed by atoms with Crippen LogP contribution < -0.4 is 9.62 Å². The molecule has 1 fully saturated rings. The summed E-state index contributed by atoms with van der Waals surface area (Å²) in [5.74, 6) is -3.67. The van der Waals surface area contributed by atoms with E-state index in [1.807, 2.05) is 4.72 Å². The van der Waals surface area contributed by atoms with Crippen LogP contribution in [0.25, 0.3) is 0 Å². The van der Waals surface area contributed by atoms with Crippen molar-refractivity contribution in [3.63, 3.8) is 0 Å². The first-order chi connectivity index (χ1) is 12.6. The van der Waals surface area contributed by atoms with Gasteiger partial charge in [-0.3, -0.25) is 4.79 Å². The van der Waals surface area contributed by atoms with E-state index in [1.54, 1.807) is 0 Å². The van der Waals surface area contributed by atoms with Gasteiger partial charge in [-0.2, -0.15) is 12.7 Å². The Morgan fingerprint density at radius 2 is 2.04 bits per heavy atom. The molecule has 1 atom stereocenters. The van der Waals surface area contributed by atoms with E-state index in [1.165, 1.54) is 26.1 Å². The summed E-state index contributed by atoms with van der Waals surface area (Å²) in [6, 6.07) is 1.32. The molecule has 0 aromatic heterocycles. The monoisotopic (exact) mass is 403 g/mol. The van der Waals surface area contributed by atoms with Gasteiger partial charge < -0.3 is 14.7 Å². The van der Waals surface area contributed by atoms with Crippen molar-refractivity contribution in [3.8, 4) is 0 Å². The first-order valence-corrected chi connectivity index (χ1v) is 9.59. The molecule has 1 aliphatic heterocycles. The fourth-order valence-corrected chi connectivity index (χ4v) is 4.38. The molecule has 0 unspecified atom stereocenters. The van der Waals surface area contributed by atoms with Crippen molar-refractivity contribution in [2.75, 3.05) is 39.3 Å². The van der Waals surface area contributed by atoms with Crippen LogP contribution in [-0.4, -0.2) is 70.1 Å². The van der Waals surface area contributed by atoms with Crippen LogP contribution in [0.5, 0.6) is 0 Å². The summed E-state index contributed by atoms with van der Waals surface area (Å²) in [6.45, 7) is 0.434. The van der Waals surface area contributed by atoms with E-state index in [0.717, 1.165) is 16.4 Å². The summed E-state index contributed by atoms with van der Waals surface area (Å²) in [7, 11) is 0.346. The maximum absolute atomic E-state index is 14.0. The molecule has 11 heteroatoms. The molecule has 0 radical (unpaired) electrons. The molecule has 1 amide bonds. The number of amides is 1. The third-order valence-corrected chi connectivity index (χ3v) is 5.80. The highest BCUT2D eigenvalue weighted by atomic mass is 32.2. The predicted molar refractivity (Wildman–Crippen MR) is 95.7 cm³/mol. The molecule has 1 heterocycles. The number of carbonyl (C=O) groups is 2. The van der Waals surface area contributed by atoms with Crippen LogP contribution in [0.15, 0.2) is 12.1 Å². The highest BCUT2D eigenvalue weighted by molar-refractivity contribution is 7.87. The smallest absolute Gasteiger partial charge is 0.338 e. The first kappa shape index (κ1) is 21.1. The molecule has 0 aliphatic carbocycles. The second-order valence-corrected chi connectivity index (χ2v) is 7.97. The average molecular weight is 403 g/mol. The number of carboxylic acids is 1. The Morgan fingerprint density at radius 1 is 1.37 bits per heavy atom. The Labute approximate surface area is 156 Å². The van der Waals surface area contributed by atoms with Crippen molar-refractivity contribution < 1.29 is 32.2 Å². The van der Waals surface area contributed by atoms with Crippen molar-refractivity contribution >= 4 is 27.8 Å². The molecule has 150 valence electrons. The van der Waals surface area contributed by atoms with E-state index >= 15 is 0 Å². The normalized spacial score (nSPS) is 17.7. The number of carbonyl (C=O) groups excluding carboxylic acids is 1. The summed E-state index contributed by atoms with van der Waals surface area (Å²) in [5.41, 5.74) is -0.817. The molecule has 2 N–H and O–H groups in total. The molecular weight excluding hydrogens is 381 g/mol. The maximum Gasteiger partial charge on any atom is 0.338 e. The van der Waals surface area contributed by atoms with Gasteiger partial charge >= 0.3 is 16.2 Å². The van der Waals surface area contributed by atoms with E-state index in [4.69, 9.17) is 9.84 Å². The Morgan fingerprint density at radius 3 is 2.59 bits per heavy atom. The number of hydrogen-bond donors (Lipinski definition) is 2. The molecule has 1 aromatic rings. The van der Waals surface area contributed by atoms with E-state index in [9.17, 15) is 22.4 Å². The van der Waals surface area contributed by atoms with Gasteiger partial charge in [-0.1, -0.05) is 0 Å². The number of rotatable bonds is 7. The van der Waals surface area contributed by atoms with Crippen LogP contribution in [0.3, 0.4) is 0 Å². The molecular formula is C16H22FN3O6S. The molecule has 1 aromatic carbocycles. The van der Waals surface area contributed by atoms with Gasteiger partial charge in [-0.05, 0) is 25.0 Å². The molecule has 0 bridgehead atoms. The Balaban J connectivity index is 2.34. The molecule has 27 heavy (non-hydrogen) atoms. The van der Waals surface area contributed by atoms with Crippen molar-refractivity contribution in [1.82, 2.24) is 9.03 Å². The lowest BCUT2D eigenvalue weighted by atomic mass is 10.1. The van der Waals surface area contributed by atoms with Crippen LogP contribution >= 0.6 is 0 Å². The zero-order valence-electron chi connectivity index (χ0n) is 15.2. The summed E-state index contributed by atoms with van der Waals surface area (Å²) in [5, 5.41) is 9.04. The SMILES string of the molecule is COC[C@@H]1CCCN1S(=O)(=O)NC(=O)c1cc(F)c(C(=O)O)cc1N(C)C. The van der Waals surface area contributed by atoms with E-state index in [0.29, 0.717) is 12.8 Å². The fourth-order valence-electron chi connectivity index (χ4n) is 2.99. The molecule has 1 saturated heterocycles. The second-order valence-electron chi connectivity index (χ2n) is 6.35. The zero-order valence-corrected chi connectivity index (χ0v) is 16.0. The quantitative estimate of drug-likeness (QED) is 0.687. The van der Waals surface area contributed by atoms with Gasteiger partial charge in [-0.15, -0.1) is 0 Å². The summed E-state index contributed by atoms with van der Waals surface area (Å²) < 4.78 is 47.3. The van der Waals surface area contributed by atoms with Gasteiger partial charge in [0, 0.05) is 33.8 Å². The number of nitrogens with one attached hydrogen (secondary N) is 1. The van der Waals surface area contributed by atoms with Gasteiger partial charge in [-0.25, -0.2) is 13.9 Å². The summed E-state index contributed by atoms with van der Waals surface area (Å²) in [6.07, 6.45) is 1.24. The lowest BCUT2D eigenvalue weighted by molar-refractivity contribution is 0.0691. The third-order valence-electron chi connectivity index (χ3n) is 4.25. The zero-order chi connectivity index (χ0) is 20.4. The van der Waals surface area contributed by atoms with Crippen molar-refractivity contribution in [2.24, 2.45) is 0 Å².